The summed E-state index contributed by atoms with van der Waals surface area (Å²) in [4.78, 5) is 19.8. The Morgan fingerprint density at radius 3 is 2.48 bits per heavy atom. The Balaban J connectivity index is 1.85. The number of rotatable bonds is 5. The lowest BCUT2D eigenvalue weighted by Gasteiger charge is -2.36. The van der Waals surface area contributed by atoms with Crippen LogP contribution in [0.4, 0.5) is 8.78 Å². The van der Waals surface area contributed by atoms with E-state index >= 15 is 0 Å². The van der Waals surface area contributed by atoms with Crippen molar-refractivity contribution in [2.24, 2.45) is 4.99 Å². The van der Waals surface area contributed by atoms with Gasteiger partial charge < -0.3 is 19.9 Å². The number of hydrogen-bond donors (Lipinski definition) is 1. The van der Waals surface area contributed by atoms with E-state index in [1.807, 2.05) is 11.8 Å². The quantitative estimate of drug-likeness (QED) is 0.494. The minimum atomic E-state index is -0.933. The summed E-state index contributed by atoms with van der Waals surface area (Å²) < 4.78 is 31.4. The van der Waals surface area contributed by atoms with E-state index in [2.05, 4.69) is 15.2 Å². The van der Waals surface area contributed by atoms with Gasteiger partial charge in [0.2, 0.25) is 5.91 Å². The Bertz CT molecular complexity index is 617. The van der Waals surface area contributed by atoms with Gasteiger partial charge in [-0.05, 0) is 19.1 Å². The van der Waals surface area contributed by atoms with E-state index in [-0.39, 0.29) is 18.3 Å². The molecule has 1 aliphatic heterocycles. The molecule has 2 rings (SSSR count). The van der Waals surface area contributed by atoms with E-state index in [9.17, 15) is 13.6 Å². The molecule has 0 radical (unpaired) electrons. The van der Waals surface area contributed by atoms with E-state index < -0.39 is 11.6 Å². The fourth-order valence-corrected chi connectivity index (χ4v) is 2.54. The minimum absolute atomic E-state index is 0.0847. The first kappa shape index (κ1) is 19.0. The van der Waals surface area contributed by atoms with Crippen molar-refractivity contribution in [2.75, 3.05) is 45.9 Å². The number of guanidine groups is 1. The van der Waals surface area contributed by atoms with E-state index in [0.717, 1.165) is 37.7 Å². The van der Waals surface area contributed by atoms with Gasteiger partial charge in [-0.2, -0.15) is 0 Å². The zero-order valence-corrected chi connectivity index (χ0v) is 14.6. The van der Waals surface area contributed by atoms with Gasteiger partial charge in [-0.25, -0.2) is 13.8 Å². The van der Waals surface area contributed by atoms with Gasteiger partial charge in [-0.1, -0.05) is 0 Å². The predicted molar refractivity (Wildman–Crippen MR) is 91.7 cm³/mol. The molecule has 138 valence electrons. The molecule has 1 aromatic rings. The van der Waals surface area contributed by atoms with Crippen molar-refractivity contribution in [3.05, 3.63) is 29.8 Å². The lowest BCUT2D eigenvalue weighted by Crippen LogP contribution is -2.53. The maximum Gasteiger partial charge on any atom is 0.219 e. The highest BCUT2D eigenvalue weighted by molar-refractivity contribution is 5.80. The summed E-state index contributed by atoms with van der Waals surface area (Å²) in [5.41, 5.74) is 0. The summed E-state index contributed by atoms with van der Waals surface area (Å²) in [5, 5.41) is 3.22. The van der Waals surface area contributed by atoms with Gasteiger partial charge in [0.15, 0.2) is 17.6 Å². The van der Waals surface area contributed by atoms with Crippen LogP contribution in [0.15, 0.2) is 23.2 Å². The lowest BCUT2D eigenvalue weighted by atomic mass is 10.3. The topological polar surface area (TPSA) is 57.2 Å². The van der Waals surface area contributed by atoms with Crippen LogP contribution in [0.1, 0.15) is 13.8 Å². The number of halogens is 2. The van der Waals surface area contributed by atoms with Crippen LogP contribution in [0.2, 0.25) is 0 Å². The Hall–Kier alpha value is -2.38. The molecular weight excluding hydrogens is 330 g/mol. The summed E-state index contributed by atoms with van der Waals surface area (Å²) >= 11 is 0. The van der Waals surface area contributed by atoms with Crippen molar-refractivity contribution in [1.29, 1.82) is 0 Å². The molecular formula is C17H24F2N4O2. The number of piperazine rings is 1. The van der Waals surface area contributed by atoms with Gasteiger partial charge in [0, 0.05) is 45.7 Å². The number of hydrogen-bond acceptors (Lipinski definition) is 3. The zero-order valence-electron chi connectivity index (χ0n) is 14.6. The normalized spacial score (nSPS) is 15.3. The monoisotopic (exact) mass is 354 g/mol. The summed E-state index contributed by atoms with van der Waals surface area (Å²) in [7, 11) is 0. The lowest BCUT2D eigenvalue weighted by molar-refractivity contribution is -0.130. The number of benzene rings is 1. The van der Waals surface area contributed by atoms with Gasteiger partial charge in [-0.3, -0.25) is 4.79 Å². The van der Waals surface area contributed by atoms with E-state index in [4.69, 9.17) is 4.74 Å². The van der Waals surface area contributed by atoms with E-state index in [1.165, 1.54) is 6.07 Å². The summed E-state index contributed by atoms with van der Waals surface area (Å²) in [6, 6.07) is 3.44. The predicted octanol–water partition coefficient (Wildman–Crippen LogP) is 1.47. The molecule has 6 nitrogen and oxygen atoms in total. The van der Waals surface area contributed by atoms with Crippen molar-refractivity contribution in [3.8, 4) is 5.75 Å². The molecule has 0 spiro atoms. The minimum Gasteiger partial charge on any atom is -0.492 e. The molecule has 1 aromatic carbocycles. The Morgan fingerprint density at radius 1 is 1.20 bits per heavy atom. The number of amides is 1. The maximum absolute atomic E-state index is 13.1. The Labute approximate surface area is 146 Å². The van der Waals surface area contributed by atoms with Crippen LogP contribution >= 0.6 is 0 Å². The average molecular weight is 354 g/mol. The van der Waals surface area contributed by atoms with Crippen LogP contribution in [0.3, 0.4) is 0 Å². The van der Waals surface area contributed by atoms with Crippen LogP contribution in [0.5, 0.6) is 5.75 Å². The van der Waals surface area contributed by atoms with Gasteiger partial charge in [0.1, 0.15) is 12.4 Å². The third kappa shape index (κ3) is 5.58. The molecule has 1 saturated heterocycles. The molecule has 0 unspecified atom stereocenters. The molecule has 0 atom stereocenters. The molecule has 1 N–H and O–H groups in total. The number of aliphatic imine (C=N–C) groups is 1. The number of carbonyl (C=O) groups excluding carboxylic acids is 1. The molecule has 1 aliphatic rings. The first-order valence-electron chi connectivity index (χ1n) is 8.38. The van der Waals surface area contributed by atoms with E-state index in [0.29, 0.717) is 19.6 Å². The summed E-state index contributed by atoms with van der Waals surface area (Å²) in [5.74, 6) is -0.711. The summed E-state index contributed by atoms with van der Waals surface area (Å²) in [6.07, 6.45) is 0. The summed E-state index contributed by atoms with van der Waals surface area (Å²) in [6.45, 7) is 7.71. The van der Waals surface area contributed by atoms with Gasteiger partial charge in [0.25, 0.3) is 0 Å². The molecule has 1 heterocycles. The Kier molecular flexibility index (Phi) is 6.97. The highest BCUT2D eigenvalue weighted by Crippen LogP contribution is 2.15. The SMILES string of the molecule is CCNC(=NCCOc1ccc(F)c(F)c1)N1CCN(C(C)=O)CC1. The fourth-order valence-electron chi connectivity index (χ4n) is 2.54. The van der Waals surface area contributed by atoms with Crippen LogP contribution in [0.25, 0.3) is 0 Å². The zero-order chi connectivity index (χ0) is 18.2. The Morgan fingerprint density at radius 2 is 1.88 bits per heavy atom. The van der Waals surface area contributed by atoms with Crippen molar-refractivity contribution < 1.29 is 18.3 Å². The third-order valence-corrected chi connectivity index (χ3v) is 3.87. The standard InChI is InChI=1S/C17H24F2N4O2/c1-3-20-17(23-9-7-22(8-10-23)13(2)24)21-6-11-25-14-4-5-15(18)16(19)12-14/h4-5,12H,3,6-11H2,1-2H3,(H,20,21). The van der Waals surface area contributed by atoms with Crippen LogP contribution in [0, 0.1) is 11.6 Å². The first-order valence-corrected chi connectivity index (χ1v) is 8.38. The molecule has 0 saturated carbocycles. The number of nitrogens with zero attached hydrogens (tertiary/aromatic N) is 3. The van der Waals surface area contributed by atoms with Crippen molar-refractivity contribution in [3.63, 3.8) is 0 Å². The number of ether oxygens (including phenoxy) is 1. The van der Waals surface area contributed by atoms with Crippen molar-refractivity contribution in [2.45, 2.75) is 13.8 Å². The van der Waals surface area contributed by atoms with Crippen molar-refractivity contribution >= 4 is 11.9 Å². The maximum atomic E-state index is 13.1. The molecule has 1 amide bonds. The second-order valence-electron chi connectivity index (χ2n) is 5.65. The molecule has 0 aromatic heterocycles. The highest BCUT2D eigenvalue weighted by Gasteiger charge is 2.20. The van der Waals surface area contributed by atoms with Gasteiger partial charge in [-0.15, -0.1) is 0 Å². The third-order valence-electron chi connectivity index (χ3n) is 3.87. The largest absolute Gasteiger partial charge is 0.492 e. The van der Waals surface area contributed by atoms with Crippen LogP contribution in [-0.4, -0.2) is 67.5 Å². The molecule has 1 fully saturated rings. The highest BCUT2D eigenvalue weighted by atomic mass is 19.2. The van der Waals surface area contributed by atoms with Crippen LogP contribution in [-0.2, 0) is 4.79 Å². The van der Waals surface area contributed by atoms with Gasteiger partial charge >= 0.3 is 0 Å². The average Bonchev–Trinajstić information content (AvgIpc) is 2.60. The first-order chi connectivity index (χ1) is 12.0. The second-order valence-corrected chi connectivity index (χ2v) is 5.65. The molecule has 8 heteroatoms. The smallest absolute Gasteiger partial charge is 0.219 e. The molecule has 25 heavy (non-hydrogen) atoms. The van der Waals surface area contributed by atoms with Gasteiger partial charge in [0.05, 0.1) is 6.54 Å². The number of carbonyl (C=O) groups is 1. The van der Waals surface area contributed by atoms with Crippen LogP contribution < -0.4 is 10.1 Å². The fraction of sp³-hybridized carbons (Fsp3) is 0.529. The van der Waals surface area contributed by atoms with Crippen molar-refractivity contribution in [1.82, 2.24) is 15.1 Å². The molecule has 0 bridgehead atoms. The number of nitrogens with one attached hydrogen (secondary N) is 1. The second kappa shape index (κ2) is 9.19. The molecule has 0 aliphatic carbocycles. The van der Waals surface area contributed by atoms with E-state index in [1.54, 1.807) is 6.92 Å².